The van der Waals surface area contributed by atoms with Gasteiger partial charge in [0.05, 0.1) is 0 Å². The van der Waals surface area contributed by atoms with E-state index in [0.29, 0.717) is 5.41 Å². The molecule has 34 heavy (non-hydrogen) atoms. The Balaban J connectivity index is 0.000000751. The number of carbonyl (C=O) groups excluding carboxylic acids is 1. The van der Waals surface area contributed by atoms with Crippen molar-refractivity contribution < 1.29 is 4.79 Å². The number of piperazine rings is 1. The van der Waals surface area contributed by atoms with Crippen molar-refractivity contribution >= 4 is 63.3 Å². The van der Waals surface area contributed by atoms with Crippen molar-refractivity contribution in [2.24, 2.45) is 5.41 Å². The molecule has 4 nitrogen and oxygen atoms in total. The zero-order valence-electron chi connectivity index (χ0n) is 20.9. The van der Waals surface area contributed by atoms with E-state index in [1.165, 1.54) is 36.1 Å². The first-order chi connectivity index (χ1) is 16.2. The van der Waals surface area contributed by atoms with E-state index in [4.69, 9.17) is 0 Å². The number of hydrogen-bond acceptors (Lipinski definition) is 4. The average molecular weight is 685 g/mol. The topological polar surface area (TPSA) is 26.8 Å². The molecule has 2 aromatic carbocycles. The molecule has 0 atom stereocenters. The molecule has 4 rings (SSSR count). The summed E-state index contributed by atoms with van der Waals surface area (Å²) in [6, 6.07) is 17.1. The van der Waals surface area contributed by atoms with Crippen LogP contribution in [0.25, 0.3) is 5.57 Å². The van der Waals surface area contributed by atoms with Crippen LogP contribution in [0.4, 0.5) is 5.69 Å². The third-order valence-electron chi connectivity index (χ3n) is 6.75. The number of benzene rings is 2. The van der Waals surface area contributed by atoms with Gasteiger partial charge in [0.25, 0.3) is 0 Å². The molecular formula is C28H37I2N3O. The summed E-state index contributed by atoms with van der Waals surface area (Å²) < 4.78 is 1.94. The molecule has 1 heterocycles. The van der Waals surface area contributed by atoms with Crippen LogP contribution in [0.5, 0.6) is 0 Å². The Labute approximate surface area is 233 Å². The van der Waals surface area contributed by atoms with E-state index < -0.39 is 0 Å². The summed E-state index contributed by atoms with van der Waals surface area (Å²) in [7, 11) is 1.97. The Kier molecular flexibility index (Phi) is 10.4. The van der Waals surface area contributed by atoms with Gasteiger partial charge in [0.2, 0.25) is 0 Å². The summed E-state index contributed by atoms with van der Waals surface area (Å²) in [4.78, 5) is 16.0. The summed E-state index contributed by atoms with van der Waals surface area (Å²) in [5.41, 5.74) is 8.33. The van der Waals surface area contributed by atoms with E-state index in [-0.39, 0.29) is 0 Å². The lowest BCUT2D eigenvalue weighted by atomic mass is 9.72. The van der Waals surface area contributed by atoms with Gasteiger partial charge in [-0.2, -0.15) is 1.33 Å². The molecule has 1 aliphatic heterocycles. The molecule has 1 fully saturated rings. The highest BCUT2D eigenvalue weighted by atomic mass is 127. The first-order valence-electron chi connectivity index (χ1n) is 12.0. The predicted molar refractivity (Wildman–Crippen MR) is 162 cm³/mol. The van der Waals surface area contributed by atoms with Gasteiger partial charge < -0.3 is 4.90 Å². The van der Waals surface area contributed by atoms with Gasteiger partial charge in [0.15, 0.2) is 0 Å². The number of rotatable bonds is 5. The van der Waals surface area contributed by atoms with Crippen LogP contribution in [0, 0.1) is 12.3 Å². The van der Waals surface area contributed by atoms with Gasteiger partial charge in [0, 0.05) is 96.8 Å². The Morgan fingerprint density at radius 3 is 2.12 bits per heavy atom. The van der Waals surface area contributed by atoms with E-state index in [2.05, 4.69) is 113 Å². The molecular weight excluding hydrogens is 648 g/mol. The fraction of sp³-hybridized carbons (Fsp3) is 0.464. The van der Waals surface area contributed by atoms with Gasteiger partial charge >= 0.3 is 0 Å². The van der Waals surface area contributed by atoms with Gasteiger partial charge in [-0.1, -0.05) is 49.2 Å². The molecule has 0 radical (unpaired) electrons. The van der Waals surface area contributed by atoms with Gasteiger partial charge in [-0.05, 0) is 67.0 Å². The molecule has 2 aromatic rings. The normalized spacial score (nSPS) is 18.5. The minimum Gasteiger partial charge on any atom is -0.369 e. The molecule has 6 heteroatoms. The van der Waals surface area contributed by atoms with Crippen LogP contribution in [0.1, 0.15) is 54.6 Å². The maximum absolute atomic E-state index is 10.9. The van der Waals surface area contributed by atoms with E-state index in [1.54, 1.807) is 11.1 Å². The summed E-state index contributed by atoms with van der Waals surface area (Å²) in [6.07, 6.45) is 4.56. The number of aryl methyl sites for hydroxylation is 1. The van der Waals surface area contributed by atoms with Crippen LogP contribution >= 0.6 is 45.7 Å². The number of nitrogens with zero attached hydrogens (tertiary/aromatic N) is 3. The third-order valence-corrected chi connectivity index (χ3v) is 6.75. The number of aldehydes is 1. The number of hydrogen-bond donors (Lipinski definition) is 0. The van der Waals surface area contributed by atoms with Crippen molar-refractivity contribution in [2.75, 3.05) is 44.7 Å². The first-order valence-corrected chi connectivity index (χ1v) is 14.0. The molecule has 2 aliphatic rings. The highest BCUT2D eigenvalue weighted by Crippen LogP contribution is 2.42. The maximum atomic E-state index is 10.9. The second-order valence-electron chi connectivity index (χ2n) is 10.2. The zero-order chi connectivity index (χ0) is 24.7. The Hall–Kier alpha value is -0.970. The second kappa shape index (κ2) is 12.8. The number of halogens is 2. The fourth-order valence-corrected chi connectivity index (χ4v) is 4.87. The highest BCUT2D eigenvalue weighted by molar-refractivity contribution is 14.2. The lowest BCUT2D eigenvalue weighted by Gasteiger charge is -2.39. The van der Waals surface area contributed by atoms with Crippen LogP contribution in [-0.2, 0) is 0 Å². The van der Waals surface area contributed by atoms with Crippen molar-refractivity contribution in [3.05, 3.63) is 70.8 Å². The van der Waals surface area contributed by atoms with Crippen molar-refractivity contribution in [3.63, 3.8) is 0 Å². The largest absolute Gasteiger partial charge is 0.369 e. The quantitative estimate of drug-likeness (QED) is 0.189. The molecule has 184 valence electrons. The lowest BCUT2D eigenvalue weighted by Crippen LogP contribution is -2.47. The second-order valence-corrected chi connectivity index (χ2v) is 14.9. The van der Waals surface area contributed by atoms with E-state index in [9.17, 15) is 4.79 Å². The number of anilines is 1. The Morgan fingerprint density at radius 2 is 1.56 bits per heavy atom. The first kappa shape index (κ1) is 27.6. The smallest absolute Gasteiger partial charge is 0.150 e. The Bertz CT molecular complexity index is 957. The maximum Gasteiger partial charge on any atom is 0.150 e. The van der Waals surface area contributed by atoms with Gasteiger partial charge in [-0.3, -0.25) is 9.69 Å². The molecule has 0 saturated carbocycles. The summed E-state index contributed by atoms with van der Waals surface area (Å²) in [5, 5.41) is 0. The van der Waals surface area contributed by atoms with Crippen LogP contribution < -0.4 is 4.90 Å². The Morgan fingerprint density at radius 1 is 0.971 bits per heavy atom. The molecule has 0 aromatic heterocycles. The van der Waals surface area contributed by atoms with Gasteiger partial charge in [-0.15, -0.1) is 0 Å². The minimum absolute atomic E-state index is 0.395. The van der Waals surface area contributed by atoms with Crippen LogP contribution in [0.15, 0.2) is 54.1 Å². The van der Waals surface area contributed by atoms with Crippen molar-refractivity contribution in [1.29, 1.82) is 0 Å². The fourth-order valence-electron chi connectivity index (χ4n) is 4.87. The highest BCUT2D eigenvalue weighted by Gasteiger charge is 2.29. The summed E-state index contributed by atoms with van der Waals surface area (Å²) >= 11 is 4.33. The molecule has 0 unspecified atom stereocenters. The summed E-state index contributed by atoms with van der Waals surface area (Å²) in [6.45, 7) is 12.3. The summed E-state index contributed by atoms with van der Waals surface area (Å²) in [5.74, 6) is 0. The monoisotopic (exact) mass is 685 g/mol. The van der Waals surface area contributed by atoms with Crippen molar-refractivity contribution in [1.82, 2.24) is 6.23 Å². The van der Waals surface area contributed by atoms with Crippen LogP contribution in [0.3, 0.4) is 0 Å². The van der Waals surface area contributed by atoms with Gasteiger partial charge in [-0.25, -0.2) is 0 Å². The average Bonchev–Trinajstić information content (AvgIpc) is 2.80. The van der Waals surface area contributed by atoms with E-state index in [0.717, 1.165) is 44.6 Å². The number of carbonyl (C=O) groups is 1. The standard InChI is InChI=1S/C27H34N2O.CH3I2N/c1-21-4-8-23(9-5-21)26-12-13-27(2,3)18-24(26)19-28-14-16-29(17-15-28)25-10-6-22(20-30)7-11-25;1-4(2)3/h4-11,20H,12-19H2,1-3H3;1H3. The third kappa shape index (κ3) is 8.31. The molecule has 0 spiro atoms. The SMILES string of the molecule is CN(I)I.Cc1ccc(C2=C(CN3CCN(c4ccc(C=O)cc4)CC3)CC(C)(C)CC2)cc1. The van der Waals surface area contributed by atoms with Gasteiger partial charge in [0.1, 0.15) is 6.29 Å². The van der Waals surface area contributed by atoms with E-state index in [1.807, 2.05) is 20.5 Å². The van der Waals surface area contributed by atoms with E-state index >= 15 is 0 Å². The molecule has 0 bridgehead atoms. The lowest BCUT2D eigenvalue weighted by molar-refractivity contribution is 0.112. The van der Waals surface area contributed by atoms with Crippen molar-refractivity contribution in [2.45, 2.75) is 40.0 Å². The molecule has 0 N–H and O–H groups in total. The predicted octanol–water partition coefficient (Wildman–Crippen LogP) is 7.21. The molecule has 1 aliphatic carbocycles. The van der Waals surface area contributed by atoms with Crippen LogP contribution in [0.2, 0.25) is 0 Å². The van der Waals surface area contributed by atoms with Crippen molar-refractivity contribution in [3.8, 4) is 0 Å². The number of allylic oxidation sites excluding steroid dienone is 1. The van der Waals surface area contributed by atoms with Crippen LogP contribution in [-0.4, -0.2) is 52.3 Å². The molecule has 0 amide bonds. The minimum atomic E-state index is 0.395. The zero-order valence-corrected chi connectivity index (χ0v) is 25.2. The molecule has 1 saturated heterocycles.